The van der Waals surface area contributed by atoms with Crippen molar-refractivity contribution in [2.75, 3.05) is 9.80 Å². The minimum absolute atomic E-state index is 0.176. The molecule has 2 aliphatic heterocycles. The normalized spacial score (nSPS) is 25.9. The predicted octanol–water partition coefficient (Wildman–Crippen LogP) is 6.15. The van der Waals surface area contributed by atoms with Crippen LogP contribution in [-0.2, 0) is 38.7 Å². The third kappa shape index (κ3) is 4.60. The third-order valence-corrected chi connectivity index (χ3v) is 10.0. The van der Waals surface area contributed by atoms with Crippen LogP contribution in [0.3, 0.4) is 0 Å². The largest absolute Gasteiger partial charge is 0.375 e. The quantitative estimate of drug-likeness (QED) is 0.264. The summed E-state index contributed by atoms with van der Waals surface area (Å²) in [6.07, 6.45) is 0.910. The van der Waals surface area contributed by atoms with Gasteiger partial charge in [0.2, 0.25) is 0 Å². The summed E-state index contributed by atoms with van der Waals surface area (Å²) in [5, 5.41) is 25.8. The average Bonchev–Trinajstić information content (AvgIpc) is 3.40. The van der Waals surface area contributed by atoms with E-state index in [1.54, 1.807) is 72.8 Å². The van der Waals surface area contributed by atoms with Gasteiger partial charge in [0.25, 0.3) is 11.8 Å². The lowest BCUT2D eigenvalue weighted by Crippen LogP contribution is -2.56. The number of benzene rings is 4. The van der Waals surface area contributed by atoms with Crippen molar-refractivity contribution in [2.24, 2.45) is 11.8 Å². The van der Waals surface area contributed by atoms with Crippen molar-refractivity contribution in [3.8, 4) is 0 Å². The minimum Gasteiger partial charge on any atom is -0.375 e. The van der Waals surface area contributed by atoms with Crippen LogP contribution in [-0.4, -0.2) is 27.8 Å². The molecule has 1 saturated carbocycles. The Labute approximate surface area is 270 Å². The molecular formula is C36H30Cl2N2O5. The summed E-state index contributed by atoms with van der Waals surface area (Å²) in [5.74, 6) is -4.03. The monoisotopic (exact) mass is 640 g/mol. The van der Waals surface area contributed by atoms with Crippen LogP contribution in [0, 0.1) is 11.8 Å². The van der Waals surface area contributed by atoms with Gasteiger partial charge >= 0.3 is 0 Å². The number of rotatable bonds is 6. The van der Waals surface area contributed by atoms with E-state index in [2.05, 4.69) is 0 Å². The number of carbonyl (C=O) groups excluding carboxylic acids is 3. The van der Waals surface area contributed by atoms with Gasteiger partial charge in [0.05, 0.1) is 36.3 Å². The predicted molar refractivity (Wildman–Crippen MR) is 172 cm³/mol. The molecule has 228 valence electrons. The Morgan fingerprint density at radius 2 is 0.978 bits per heavy atom. The van der Waals surface area contributed by atoms with Gasteiger partial charge in [0.15, 0.2) is 11.2 Å². The van der Waals surface area contributed by atoms with Crippen LogP contribution in [0.1, 0.15) is 41.5 Å². The molecule has 4 atom stereocenters. The molecule has 0 aromatic heterocycles. The van der Waals surface area contributed by atoms with E-state index in [-0.39, 0.29) is 25.9 Å². The molecule has 2 heterocycles. The maximum absolute atomic E-state index is 14.5. The first-order chi connectivity index (χ1) is 21.6. The van der Waals surface area contributed by atoms with E-state index < -0.39 is 40.6 Å². The van der Waals surface area contributed by atoms with E-state index in [4.69, 9.17) is 23.2 Å². The molecule has 9 heteroatoms. The Bertz CT molecular complexity index is 1700. The number of para-hydroxylation sites is 2. The molecule has 7 nitrogen and oxygen atoms in total. The Hall–Kier alpha value is -4.01. The summed E-state index contributed by atoms with van der Waals surface area (Å²) in [7, 11) is 0. The van der Waals surface area contributed by atoms with Gasteiger partial charge in [-0.1, -0.05) is 90.3 Å². The Morgan fingerprint density at radius 1 is 0.600 bits per heavy atom. The second kappa shape index (κ2) is 11.1. The van der Waals surface area contributed by atoms with Crippen LogP contribution in [0.15, 0.2) is 97.1 Å². The number of ketones is 1. The van der Waals surface area contributed by atoms with Gasteiger partial charge in [-0.25, -0.2) is 0 Å². The van der Waals surface area contributed by atoms with Gasteiger partial charge in [0.1, 0.15) is 5.78 Å². The molecule has 0 radical (unpaired) electrons. The van der Waals surface area contributed by atoms with Crippen LogP contribution < -0.4 is 9.80 Å². The first-order valence-corrected chi connectivity index (χ1v) is 15.7. The van der Waals surface area contributed by atoms with Gasteiger partial charge in [0, 0.05) is 21.2 Å². The molecule has 1 fully saturated rings. The van der Waals surface area contributed by atoms with Crippen molar-refractivity contribution in [1.29, 1.82) is 0 Å². The molecule has 0 spiro atoms. The molecule has 45 heavy (non-hydrogen) atoms. The SMILES string of the molecule is O=C1[C@H]([C@@]2(O)C(=O)N(Cc3ccc(Cl)cc3)c3ccccc32)CCC[C@H]1[C@]1(O)C(=O)N(Cc2ccc(Cl)cc2)c2ccccc21. The molecular weight excluding hydrogens is 611 g/mol. The van der Waals surface area contributed by atoms with E-state index in [1.165, 1.54) is 9.80 Å². The first kappa shape index (κ1) is 29.7. The van der Waals surface area contributed by atoms with Gasteiger partial charge in [-0.3, -0.25) is 14.4 Å². The molecule has 7 rings (SSSR count). The van der Waals surface area contributed by atoms with E-state index >= 15 is 0 Å². The number of halogens is 2. The van der Waals surface area contributed by atoms with Crippen molar-refractivity contribution < 1.29 is 24.6 Å². The lowest BCUT2D eigenvalue weighted by Gasteiger charge is -2.41. The van der Waals surface area contributed by atoms with E-state index in [9.17, 15) is 24.6 Å². The summed E-state index contributed by atoms with van der Waals surface area (Å²) in [5.41, 5.74) is -0.964. The zero-order valence-electron chi connectivity index (χ0n) is 24.2. The molecule has 3 aliphatic rings. The third-order valence-electron chi connectivity index (χ3n) is 9.54. The highest BCUT2D eigenvalue weighted by Crippen LogP contribution is 2.54. The summed E-state index contributed by atoms with van der Waals surface area (Å²) < 4.78 is 0. The van der Waals surface area contributed by atoms with Crippen molar-refractivity contribution >= 4 is 52.2 Å². The fraction of sp³-hybridized carbons (Fsp3) is 0.250. The van der Waals surface area contributed by atoms with Gasteiger partial charge in [-0.05, 0) is 60.4 Å². The topological polar surface area (TPSA) is 98.1 Å². The Kier molecular flexibility index (Phi) is 7.33. The number of fused-ring (bicyclic) bond motifs is 2. The fourth-order valence-corrected chi connectivity index (χ4v) is 7.59. The molecule has 4 aromatic rings. The van der Waals surface area contributed by atoms with Gasteiger partial charge < -0.3 is 20.0 Å². The number of carbonyl (C=O) groups is 3. The standard InChI is InChI=1S/C36H30Cl2N2O5/c37-24-16-12-22(13-17-24)20-39-30-10-3-1-6-26(30)35(44,33(39)42)28-8-5-9-29(32(28)41)36(45)27-7-2-4-11-31(27)40(34(36)43)21-23-14-18-25(38)19-15-23/h1-4,6-7,10-19,28-29,44-45H,5,8-9,20-21H2/t28-,29-,35-,36+/m1/s1. The number of aliphatic hydroxyl groups is 2. The van der Waals surface area contributed by atoms with Crippen LogP contribution in [0.4, 0.5) is 11.4 Å². The van der Waals surface area contributed by atoms with Crippen LogP contribution in [0.25, 0.3) is 0 Å². The van der Waals surface area contributed by atoms with Crippen LogP contribution in [0.2, 0.25) is 10.0 Å². The lowest BCUT2D eigenvalue weighted by molar-refractivity contribution is -0.165. The maximum Gasteiger partial charge on any atom is 0.264 e. The van der Waals surface area contributed by atoms with Crippen molar-refractivity contribution in [2.45, 2.75) is 43.6 Å². The van der Waals surface area contributed by atoms with E-state index in [0.717, 1.165) is 11.1 Å². The molecule has 4 aromatic carbocycles. The first-order valence-electron chi connectivity index (χ1n) is 14.9. The second-order valence-electron chi connectivity index (χ2n) is 12.0. The maximum atomic E-state index is 14.5. The highest BCUT2D eigenvalue weighted by molar-refractivity contribution is 6.30. The Balaban J connectivity index is 1.24. The molecule has 1 aliphatic carbocycles. The van der Waals surface area contributed by atoms with Gasteiger partial charge in [-0.2, -0.15) is 0 Å². The zero-order chi connectivity index (χ0) is 31.5. The second-order valence-corrected chi connectivity index (χ2v) is 12.9. The molecule has 0 bridgehead atoms. The van der Waals surface area contributed by atoms with Gasteiger partial charge in [-0.15, -0.1) is 0 Å². The molecule has 2 N–H and O–H groups in total. The van der Waals surface area contributed by atoms with Crippen molar-refractivity contribution in [3.05, 3.63) is 129 Å². The number of hydrogen-bond acceptors (Lipinski definition) is 5. The molecule has 0 saturated heterocycles. The Morgan fingerprint density at radius 3 is 1.38 bits per heavy atom. The number of amides is 2. The summed E-state index contributed by atoms with van der Waals surface area (Å²) >= 11 is 12.1. The average molecular weight is 642 g/mol. The van der Waals surface area contributed by atoms with E-state index in [0.29, 0.717) is 39.0 Å². The van der Waals surface area contributed by atoms with E-state index in [1.807, 2.05) is 24.3 Å². The van der Waals surface area contributed by atoms with Crippen molar-refractivity contribution in [1.82, 2.24) is 0 Å². The zero-order valence-corrected chi connectivity index (χ0v) is 25.7. The highest BCUT2D eigenvalue weighted by atomic mass is 35.5. The summed E-state index contributed by atoms with van der Waals surface area (Å²) in [6, 6.07) is 28.1. The van der Waals surface area contributed by atoms with Crippen LogP contribution in [0.5, 0.6) is 0 Å². The highest BCUT2D eigenvalue weighted by Gasteiger charge is 2.63. The fourth-order valence-electron chi connectivity index (χ4n) is 7.34. The molecule has 2 amide bonds. The minimum atomic E-state index is -2.15. The number of nitrogens with zero attached hydrogens (tertiary/aromatic N) is 2. The summed E-state index contributed by atoms with van der Waals surface area (Å²) in [6.45, 7) is 0.351. The molecule has 0 unspecified atom stereocenters. The number of anilines is 2. The smallest absolute Gasteiger partial charge is 0.264 e. The lowest BCUT2D eigenvalue weighted by atomic mass is 9.64. The number of Topliss-reactive ketones (excluding diaryl/α,β-unsaturated/α-hetero) is 1. The number of hydrogen-bond donors (Lipinski definition) is 2. The van der Waals surface area contributed by atoms with Crippen LogP contribution >= 0.6 is 23.2 Å². The van der Waals surface area contributed by atoms with Crippen molar-refractivity contribution in [3.63, 3.8) is 0 Å². The summed E-state index contributed by atoms with van der Waals surface area (Å²) in [4.78, 5) is 45.9.